The molecule has 0 atom stereocenters. The fourth-order valence-corrected chi connectivity index (χ4v) is 5.38. The first-order valence-corrected chi connectivity index (χ1v) is 11.8. The number of benzene rings is 1. The van der Waals surface area contributed by atoms with Gasteiger partial charge in [-0.2, -0.15) is 4.31 Å². The van der Waals surface area contributed by atoms with E-state index in [1.54, 1.807) is 13.8 Å². The van der Waals surface area contributed by atoms with Crippen molar-refractivity contribution in [3.8, 4) is 0 Å². The summed E-state index contributed by atoms with van der Waals surface area (Å²) in [6.45, 7) is 9.10. The molecule has 0 radical (unpaired) electrons. The van der Waals surface area contributed by atoms with Gasteiger partial charge in [0.25, 0.3) is 5.91 Å². The Bertz CT molecular complexity index is 845. The van der Waals surface area contributed by atoms with Gasteiger partial charge in [-0.05, 0) is 31.0 Å². The van der Waals surface area contributed by atoms with E-state index in [0.717, 1.165) is 0 Å². The highest BCUT2D eigenvalue weighted by Crippen LogP contribution is 2.26. The van der Waals surface area contributed by atoms with E-state index < -0.39 is 10.0 Å². The average molecular weight is 444 g/mol. The van der Waals surface area contributed by atoms with Crippen LogP contribution in [0.25, 0.3) is 0 Å². The third kappa shape index (κ3) is 5.49. The summed E-state index contributed by atoms with van der Waals surface area (Å²) in [6.07, 6.45) is 1.34. The van der Waals surface area contributed by atoms with Crippen molar-refractivity contribution in [3.63, 3.8) is 0 Å². The van der Waals surface area contributed by atoms with Gasteiger partial charge in [0.1, 0.15) is 4.90 Å². The number of sulfonamides is 1. The Hall–Kier alpha value is -1.64. The van der Waals surface area contributed by atoms with E-state index in [2.05, 4.69) is 5.32 Å². The molecular formula is C20H30ClN3O4S. The van der Waals surface area contributed by atoms with Gasteiger partial charge in [0, 0.05) is 43.7 Å². The molecule has 0 spiro atoms. The number of rotatable bonds is 7. The molecule has 1 N–H and O–H groups in total. The summed E-state index contributed by atoms with van der Waals surface area (Å²) in [5.74, 6) is -0.258. The molecule has 1 heterocycles. The summed E-state index contributed by atoms with van der Waals surface area (Å²) in [5, 5.41) is 3.04. The zero-order valence-electron chi connectivity index (χ0n) is 17.4. The largest absolute Gasteiger partial charge is 0.349 e. The lowest BCUT2D eigenvalue weighted by molar-refractivity contribution is -0.135. The molecule has 7 nitrogen and oxygen atoms in total. The Balaban J connectivity index is 2.10. The maximum atomic E-state index is 12.8. The number of nitrogens with one attached hydrogen (secondary N) is 1. The number of hydrogen-bond donors (Lipinski definition) is 1. The first kappa shape index (κ1) is 23.6. The lowest BCUT2D eigenvalue weighted by Gasteiger charge is -2.33. The van der Waals surface area contributed by atoms with Gasteiger partial charge in [0.15, 0.2) is 0 Å². The molecule has 162 valence electrons. The SMILES string of the molecule is CCN(CC)S(=O)(=O)c1cc(C(=O)NC2CCN(C(=O)C(C)C)CC2)ccc1Cl. The Kier molecular flexibility index (Phi) is 8.08. The van der Waals surface area contributed by atoms with E-state index in [0.29, 0.717) is 39.0 Å². The molecule has 1 fully saturated rings. The Morgan fingerprint density at radius 1 is 1.21 bits per heavy atom. The summed E-state index contributed by atoms with van der Waals surface area (Å²) in [6, 6.07) is 4.24. The van der Waals surface area contributed by atoms with Crippen molar-refractivity contribution >= 4 is 33.4 Å². The third-order valence-corrected chi connectivity index (χ3v) is 7.68. The molecule has 29 heavy (non-hydrogen) atoms. The van der Waals surface area contributed by atoms with Crippen LogP contribution in [0.3, 0.4) is 0 Å². The number of carbonyl (C=O) groups excluding carboxylic acids is 2. The van der Waals surface area contributed by atoms with Crippen LogP contribution in [0.15, 0.2) is 23.1 Å². The zero-order valence-corrected chi connectivity index (χ0v) is 19.0. The smallest absolute Gasteiger partial charge is 0.251 e. The molecule has 1 aromatic rings. The predicted molar refractivity (Wildman–Crippen MR) is 113 cm³/mol. The number of piperidine rings is 1. The van der Waals surface area contributed by atoms with Crippen LogP contribution in [0.1, 0.15) is 50.9 Å². The zero-order chi connectivity index (χ0) is 21.8. The number of halogens is 1. The second-order valence-electron chi connectivity index (χ2n) is 7.46. The minimum absolute atomic E-state index is 0.0404. The molecule has 0 unspecified atom stereocenters. The topological polar surface area (TPSA) is 86.8 Å². The fourth-order valence-electron chi connectivity index (χ4n) is 3.42. The first-order valence-electron chi connectivity index (χ1n) is 10.0. The van der Waals surface area contributed by atoms with Gasteiger partial charge in [0.05, 0.1) is 5.02 Å². The van der Waals surface area contributed by atoms with E-state index in [-0.39, 0.29) is 39.3 Å². The molecule has 0 bridgehead atoms. The van der Waals surface area contributed by atoms with Crippen molar-refractivity contribution < 1.29 is 18.0 Å². The van der Waals surface area contributed by atoms with Crippen molar-refractivity contribution in [1.82, 2.24) is 14.5 Å². The molecular weight excluding hydrogens is 414 g/mol. The van der Waals surface area contributed by atoms with Crippen molar-refractivity contribution in [2.75, 3.05) is 26.2 Å². The van der Waals surface area contributed by atoms with Crippen LogP contribution in [-0.4, -0.2) is 61.7 Å². The summed E-state index contributed by atoms with van der Waals surface area (Å²) in [7, 11) is -3.77. The maximum Gasteiger partial charge on any atom is 0.251 e. The van der Waals surface area contributed by atoms with Crippen molar-refractivity contribution in [2.45, 2.75) is 51.5 Å². The van der Waals surface area contributed by atoms with Crippen molar-refractivity contribution in [1.29, 1.82) is 0 Å². The molecule has 1 saturated heterocycles. The van der Waals surface area contributed by atoms with Crippen LogP contribution in [0.5, 0.6) is 0 Å². The molecule has 2 rings (SSSR count). The lowest BCUT2D eigenvalue weighted by Crippen LogP contribution is -2.47. The molecule has 1 aliphatic rings. The highest BCUT2D eigenvalue weighted by Gasteiger charge is 2.28. The standard InChI is InChI=1S/C20H30ClN3O4S/c1-5-24(6-2)29(27,28)18-13-15(7-8-17(18)21)19(25)22-16-9-11-23(12-10-16)20(26)14(3)4/h7-8,13-14,16H,5-6,9-12H2,1-4H3,(H,22,25). The molecule has 2 amide bonds. The van der Waals surface area contributed by atoms with Crippen molar-refractivity contribution in [2.24, 2.45) is 5.92 Å². The Labute approximate surface area is 178 Å². The first-order chi connectivity index (χ1) is 13.6. The monoisotopic (exact) mass is 443 g/mol. The normalized spacial score (nSPS) is 15.8. The second-order valence-corrected chi connectivity index (χ2v) is 9.78. The van der Waals surface area contributed by atoms with Crippen LogP contribution >= 0.6 is 11.6 Å². The summed E-state index contributed by atoms with van der Waals surface area (Å²) in [5.41, 5.74) is 0.251. The third-order valence-electron chi connectivity index (χ3n) is 5.15. The number of carbonyl (C=O) groups is 2. The lowest BCUT2D eigenvalue weighted by atomic mass is 10.0. The van der Waals surface area contributed by atoms with Crippen molar-refractivity contribution in [3.05, 3.63) is 28.8 Å². The number of hydrogen-bond acceptors (Lipinski definition) is 4. The maximum absolute atomic E-state index is 12.8. The van der Waals surface area contributed by atoms with Gasteiger partial charge in [0.2, 0.25) is 15.9 Å². The summed E-state index contributed by atoms with van der Waals surface area (Å²) >= 11 is 6.13. The van der Waals surface area contributed by atoms with E-state index >= 15 is 0 Å². The van der Waals surface area contributed by atoms with Gasteiger partial charge in [-0.3, -0.25) is 9.59 Å². The predicted octanol–water partition coefficient (Wildman–Crippen LogP) is 2.75. The van der Waals surface area contributed by atoms with E-state index in [1.165, 1.54) is 22.5 Å². The van der Waals surface area contributed by atoms with Gasteiger partial charge < -0.3 is 10.2 Å². The van der Waals surface area contributed by atoms with Crippen LogP contribution in [0.4, 0.5) is 0 Å². The number of likely N-dealkylation sites (tertiary alicyclic amines) is 1. The average Bonchev–Trinajstić information content (AvgIpc) is 2.68. The van der Waals surface area contributed by atoms with Gasteiger partial charge in [-0.1, -0.05) is 39.3 Å². The van der Waals surface area contributed by atoms with Crippen LogP contribution in [0, 0.1) is 5.92 Å². The highest BCUT2D eigenvalue weighted by molar-refractivity contribution is 7.89. The highest BCUT2D eigenvalue weighted by atomic mass is 35.5. The Morgan fingerprint density at radius 3 is 2.31 bits per heavy atom. The number of amides is 2. The van der Waals surface area contributed by atoms with E-state index in [4.69, 9.17) is 11.6 Å². The summed E-state index contributed by atoms with van der Waals surface area (Å²) < 4.78 is 26.9. The van der Waals surface area contributed by atoms with Gasteiger partial charge >= 0.3 is 0 Å². The van der Waals surface area contributed by atoms with E-state index in [9.17, 15) is 18.0 Å². The quantitative estimate of drug-likeness (QED) is 0.701. The van der Waals surface area contributed by atoms with Gasteiger partial charge in [-0.15, -0.1) is 0 Å². The van der Waals surface area contributed by atoms with E-state index in [1.807, 2.05) is 18.7 Å². The molecule has 9 heteroatoms. The Morgan fingerprint density at radius 2 is 1.79 bits per heavy atom. The number of nitrogens with zero attached hydrogens (tertiary/aromatic N) is 2. The molecule has 1 aromatic carbocycles. The molecule has 0 aromatic heterocycles. The summed E-state index contributed by atoms with van der Waals surface area (Å²) in [4.78, 5) is 26.5. The van der Waals surface area contributed by atoms with Crippen LogP contribution in [0.2, 0.25) is 5.02 Å². The molecule has 0 aliphatic carbocycles. The minimum Gasteiger partial charge on any atom is -0.349 e. The van der Waals surface area contributed by atoms with Gasteiger partial charge in [-0.25, -0.2) is 8.42 Å². The fraction of sp³-hybridized carbons (Fsp3) is 0.600. The molecule has 1 aliphatic heterocycles. The van der Waals surface area contributed by atoms with Crippen LogP contribution < -0.4 is 5.32 Å². The minimum atomic E-state index is -3.77. The second kappa shape index (κ2) is 9.91. The van der Waals surface area contributed by atoms with Crippen LogP contribution in [-0.2, 0) is 14.8 Å². The molecule has 0 saturated carbocycles.